The molecule has 16 heavy (non-hydrogen) atoms. The Hall–Kier alpha value is -0.350. The van der Waals surface area contributed by atoms with Crippen molar-refractivity contribution in [3.8, 4) is 0 Å². The van der Waals surface area contributed by atoms with E-state index < -0.39 is 0 Å². The summed E-state index contributed by atoms with van der Waals surface area (Å²) in [5.41, 5.74) is 0. The average molecular weight is 300 g/mol. The lowest BCUT2D eigenvalue weighted by molar-refractivity contribution is 0.0784. The van der Waals surface area contributed by atoms with Gasteiger partial charge in [0, 0.05) is 17.6 Å². The van der Waals surface area contributed by atoms with E-state index in [9.17, 15) is 4.79 Å². The van der Waals surface area contributed by atoms with E-state index in [4.69, 9.17) is 0 Å². The minimum atomic E-state index is 0.219. The summed E-state index contributed by atoms with van der Waals surface area (Å²) in [6.07, 6.45) is 4.00. The lowest BCUT2D eigenvalue weighted by atomic mass is 10.0. The van der Waals surface area contributed by atoms with Crippen molar-refractivity contribution in [2.75, 3.05) is 13.1 Å². The summed E-state index contributed by atoms with van der Waals surface area (Å²) in [7, 11) is 0. The first-order chi connectivity index (χ1) is 7.75. The van der Waals surface area contributed by atoms with E-state index in [1.165, 1.54) is 30.6 Å². The number of thiophene rings is 1. The minimum absolute atomic E-state index is 0.219. The molecular formula is C12H14BrNOS. The van der Waals surface area contributed by atoms with Gasteiger partial charge in [-0.25, -0.2) is 0 Å². The molecule has 2 atom stereocenters. The molecule has 0 N–H and O–H groups in total. The third kappa shape index (κ3) is 1.72. The van der Waals surface area contributed by atoms with Gasteiger partial charge in [-0.15, -0.1) is 11.3 Å². The number of carbonyl (C=O) groups excluding carboxylic acids is 1. The average Bonchev–Trinajstić information content (AvgIpc) is 2.89. The van der Waals surface area contributed by atoms with E-state index >= 15 is 0 Å². The van der Waals surface area contributed by atoms with Gasteiger partial charge in [-0.1, -0.05) is 6.42 Å². The maximum absolute atomic E-state index is 12.3. The van der Waals surface area contributed by atoms with Gasteiger partial charge in [-0.2, -0.15) is 0 Å². The number of fused-ring (bicyclic) bond motifs is 1. The quantitative estimate of drug-likeness (QED) is 0.778. The molecule has 1 aliphatic carbocycles. The van der Waals surface area contributed by atoms with E-state index in [-0.39, 0.29) is 5.91 Å². The number of nitrogens with zero attached hydrogens (tertiary/aromatic N) is 1. The fraction of sp³-hybridized carbons (Fsp3) is 0.583. The van der Waals surface area contributed by atoms with Crippen molar-refractivity contribution in [2.45, 2.75) is 19.3 Å². The normalized spacial score (nSPS) is 28.4. The van der Waals surface area contributed by atoms with Gasteiger partial charge in [0.1, 0.15) is 4.88 Å². The molecule has 0 bridgehead atoms. The second-order valence-electron chi connectivity index (χ2n) is 4.76. The summed E-state index contributed by atoms with van der Waals surface area (Å²) in [5.74, 6) is 1.78. The van der Waals surface area contributed by atoms with Crippen LogP contribution in [0.25, 0.3) is 0 Å². The Morgan fingerprint density at radius 3 is 2.62 bits per heavy atom. The Kier molecular flexibility index (Phi) is 2.80. The predicted molar refractivity (Wildman–Crippen MR) is 68.8 cm³/mol. The summed E-state index contributed by atoms with van der Waals surface area (Å²) in [6.45, 7) is 1.96. The smallest absolute Gasteiger partial charge is 0.265 e. The number of hydrogen-bond donors (Lipinski definition) is 0. The maximum atomic E-state index is 12.3. The largest absolute Gasteiger partial charge is 0.337 e. The van der Waals surface area contributed by atoms with Crippen LogP contribution in [0.5, 0.6) is 0 Å². The molecule has 2 fully saturated rings. The molecule has 86 valence electrons. The van der Waals surface area contributed by atoms with Crippen LogP contribution in [0.4, 0.5) is 0 Å². The van der Waals surface area contributed by atoms with Crippen LogP contribution >= 0.6 is 27.3 Å². The zero-order valence-corrected chi connectivity index (χ0v) is 11.4. The van der Waals surface area contributed by atoms with Crippen LogP contribution in [0.2, 0.25) is 0 Å². The minimum Gasteiger partial charge on any atom is -0.337 e. The summed E-state index contributed by atoms with van der Waals surface area (Å²) in [5, 5.41) is 1.97. The number of rotatable bonds is 1. The first-order valence-electron chi connectivity index (χ1n) is 5.78. The van der Waals surface area contributed by atoms with Crippen LogP contribution in [0.3, 0.4) is 0 Å². The molecule has 1 amide bonds. The predicted octanol–water partition coefficient (Wildman–Crippen LogP) is 3.38. The summed E-state index contributed by atoms with van der Waals surface area (Å²) >= 11 is 4.97. The maximum Gasteiger partial charge on any atom is 0.265 e. The van der Waals surface area contributed by atoms with Gasteiger partial charge in [-0.05, 0) is 52.1 Å². The monoisotopic (exact) mass is 299 g/mol. The molecule has 2 unspecified atom stereocenters. The van der Waals surface area contributed by atoms with Gasteiger partial charge in [0.05, 0.1) is 0 Å². The second kappa shape index (κ2) is 4.15. The first kappa shape index (κ1) is 10.8. The highest BCUT2D eigenvalue weighted by atomic mass is 79.9. The van der Waals surface area contributed by atoms with Gasteiger partial charge in [0.25, 0.3) is 5.91 Å². The fourth-order valence-corrected chi connectivity index (χ4v) is 4.50. The number of carbonyl (C=O) groups is 1. The van der Waals surface area contributed by atoms with E-state index in [0.717, 1.165) is 34.3 Å². The zero-order valence-electron chi connectivity index (χ0n) is 8.99. The molecule has 4 heteroatoms. The Balaban J connectivity index is 1.75. The third-order valence-electron chi connectivity index (χ3n) is 3.82. The molecule has 2 heterocycles. The van der Waals surface area contributed by atoms with Gasteiger partial charge in [-0.3, -0.25) is 4.79 Å². The van der Waals surface area contributed by atoms with Crippen molar-refractivity contribution in [3.63, 3.8) is 0 Å². The van der Waals surface area contributed by atoms with Crippen molar-refractivity contribution in [2.24, 2.45) is 11.8 Å². The van der Waals surface area contributed by atoms with Crippen molar-refractivity contribution in [3.05, 3.63) is 20.8 Å². The Labute approximate surface area is 108 Å². The highest BCUT2D eigenvalue weighted by Gasteiger charge is 2.38. The number of likely N-dealkylation sites (tertiary alicyclic amines) is 1. The molecule has 0 radical (unpaired) electrons. The first-order valence-corrected chi connectivity index (χ1v) is 7.45. The Morgan fingerprint density at radius 2 is 2.06 bits per heavy atom. The van der Waals surface area contributed by atoms with E-state index in [0.29, 0.717) is 0 Å². The van der Waals surface area contributed by atoms with Crippen LogP contribution < -0.4 is 0 Å². The number of amides is 1. The molecule has 2 nitrogen and oxygen atoms in total. The highest BCUT2D eigenvalue weighted by molar-refractivity contribution is 9.10. The van der Waals surface area contributed by atoms with E-state index in [1.807, 2.05) is 16.3 Å². The van der Waals surface area contributed by atoms with Crippen molar-refractivity contribution >= 4 is 33.2 Å². The molecule has 1 aliphatic heterocycles. The zero-order chi connectivity index (χ0) is 11.1. The SMILES string of the molecule is O=C(c1sccc1Br)N1CC2CCCC2C1. The van der Waals surface area contributed by atoms with E-state index in [2.05, 4.69) is 15.9 Å². The Morgan fingerprint density at radius 1 is 1.38 bits per heavy atom. The standard InChI is InChI=1S/C12H14BrNOS/c13-10-4-5-16-11(10)12(15)14-6-8-2-1-3-9(8)7-14/h4-5,8-9H,1-3,6-7H2. The summed E-state index contributed by atoms with van der Waals surface area (Å²) in [6, 6.07) is 1.95. The Bertz CT molecular complexity index is 405. The summed E-state index contributed by atoms with van der Waals surface area (Å²) < 4.78 is 0.944. The van der Waals surface area contributed by atoms with Gasteiger partial charge in [0.2, 0.25) is 0 Å². The lowest BCUT2D eigenvalue weighted by Gasteiger charge is -2.16. The number of halogens is 1. The molecule has 0 aromatic carbocycles. The molecule has 1 saturated heterocycles. The second-order valence-corrected chi connectivity index (χ2v) is 6.53. The van der Waals surface area contributed by atoms with Gasteiger partial charge in [0.15, 0.2) is 0 Å². The van der Waals surface area contributed by atoms with Crippen LogP contribution in [0, 0.1) is 11.8 Å². The molecule has 1 aromatic heterocycles. The fourth-order valence-electron chi connectivity index (χ4n) is 2.99. The van der Waals surface area contributed by atoms with Gasteiger partial charge >= 0.3 is 0 Å². The van der Waals surface area contributed by atoms with Crippen molar-refractivity contribution in [1.29, 1.82) is 0 Å². The molecule has 2 aliphatic rings. The molecule has 1 saturated carbocycles. The van der Waals surface area contributed by atoms with Crippen LogP contribution in [0.1, 0.15) is 28.9 Å². The van der Waals surface area contributed by atoms with Gasteiger partial charge < -0.3 is 4.90 Å². The highest BCUT2D eigenvalue weighted by Crippen LogP contribution is 2.38. The van der Waals surface area contributed by atoms with Crippen LogP contribution in [0.15, 0.2) is 15.9 Å². The molecule has 0 spiro atoms. The molecule has 3 rings (SSSR count). The third-order valence-corrected chi connectivity index (χ3v) is 5.65. The summed E-state index contributed by atoms with van der Waals surface area (Å²) in [4.78, 5) is 15.2. The number of hydrogen-bond acceptors (Lipinski definition) is 2. The topological polar surface area (TPSA) is 20.3 Å². The molecular weight excluding hydrogens is 286 g/mol. The van der Waals surface area contributed by atoms with Crippen molar-refractivity contribution < 1.29 is 4.79 Å². The van der Waals surface area contributed by atoms with Crippen molar-refractivity contribution in [1.82, 2.24) is 4.90 Å². The molecule has 1 aromatic rings. The lowest BCUT2D eigenvalue weighted by Crippen LogP contribution is -2.29. The van der Waals surface area contributed by atoms with Crippen LogP contribution in [-0.2, 0) is 0 Å². The van der Waals surface area contributed by atoms with E-state index in [1.54, 1.807) is 0 Å². The van der Waals surface area contributed by atoms with Crippen LogP contribution in [-0.4, -0.2) is 23.9 Å².